The third-order valence-corrected chi connectivity index (χ3v) is 5.80. The van der Waals surface area contributed by atoms with Gasteiger partial charge in [0.2, 0.25) is 0 Å². The summed E-state index contributed by atoms with van der Waals surface area (Å²) in [6.45, 7) is 5.26. The lowest BCUT2D eigenvalue weighted by atomic mass is 10.0. The van der Waals surface area contributed by atoms with Crippen molar-refractivity contribution in [1.82, 2.24) is 9.80 Å². The van der Waals surface area contributed by atoms with Crippen molar-refractivity contribution in [3.05, 3.63) is 107 Å². The van der Waals surface area contributed by atoms with E-state index < -0.39 is 0 Å². The van der Waals surface area contributed by atoms with E-state index in [9.17, 15) is 4.39 Å². The Kier molecular flexibility index (Phi) is 6.18. The molecule has 0 aromatic heterocycles. The zero-order valence-corrected chi connectivity index (χ0v) is 16.7. The van der Waals surface area contributed by atoms with Crippen molar-refractivity contribution in [2.75, 3.05) is 32.7 Å². The molecular formula is C26H28FN2+. The van der Waals surface area contributed by atoms with Crippen molar-refractivity contribution in [2.24, 2.45) is 0 Å². The van der Waals surface area contributed by atoms with E-state index >= 15 is 0 Å². The third-order valence-electron chi connectivity index (χ3n) is 5.80. The number of halogens is 1. The number of nitrogens with one attached hydrogen (secondary N) is 1. The zero-order valence-electron chi connectivity index (χ0n) is 16.7. The van der Waals surface area contributed by atoms with E-state index in [1.54, 1.807) is 0 Å². The van der Waals surface area contributed by atoms with Gasteiger partial charge in [-0.25, -0.2) is 4.39 Å². The van der Waals surface area contributed by atoms with Crippen LogP contribution in [0.1, 0.15) is 16.7 Å². The molecule has 3 heteroatoms. The van der Waals surface area contributed by atoms with E-state index in [1.165, 1.54) is 28.9 Å². The first-order valence-corrected chi connectivity index (χ1v) is 10.4. The molecule has 0 unspecified atom stereocenters. The van der Waals surface area contributed by atoms with E-state index in [4.69, 9.17) is 0 Å². The molecule has 0 bridgehead atoms. The monoisotopic (exact) mass is 387 g/mol. The minimum Gasteiger partial charge on any atom is -0.306 e. The number of hydrogen-bond donors (Lipinski definition) is 1. The molecule has 1 heterocycles. The van der Waals surface area contributed by atoms with Gasteiger partial charge in [-0.3, -0.25) is 4.48 Å². The van der Waals surface area contributed by atoms with Crippen LogP contribution in [0.4, 0.5) is 10.1 Å². The van der Waals surface area contributed by atoms with Crippen molar-refractivity contribution in [3.63, 3.8) is 0 Å². The number of rotatable bonds is 6. The average molecular weight is 388 g/mol. The Hall–Kier alpha value is -2.75. The summed E-state index contributed by atoms with van der Waals surface area (Å²) in [7, 11) is 0. The highest BCUT2D eigenvalue weighted by Crippen LogP contribution is 2.26. The molecule has 2 nitrogen and oxygen atoms in total. The summed E-state index contributed by atoms with van der Waals surface area (Å²) in [5.41, 5.74) is 5.01. The zero-order chi connectivity index (χ0) is 19.9. The second-order valence-electron chi connectivity index (χ2n) is 7.81. The summed E-state index contributed by atoms with van der Waals surface area (Å²) in [5, 5.41) is 3.50. The van der Waals surface area contributed by atoms with Gasteiger partial charge in [-0.05, 0) is 53.5 Å². The second kappa shape index (κ2) is 9.17. The molecule has 3 aromatic carbocycles. The smallest absolute Gasteiger partial charge is 0.133 e. The maximum Gasteiger partial charge on any atom is 0.133 e. The standard InChI is InChI=1S/C26H28FN2/c27-25-12-8-23(9-13-25)21-24-10-14-26(15-11-24)29(19-16-28-17-20-29)18-4-7-22-5-2-1-3-6-22/h1-15,28H,16-21H2/q+1/b7-4+. The van der Waals surface area contributed by atoms with Gasteiger partial charge in [0.15, 0.2) is 0 Å². The van der Waals surface area contributed by atoms with E-state index in [2.05, 4.69) is 72.1 Å². The Labute approximate surface area is 172 Å². The number of piperazine rings is 1. The average Bonchev–Trinajstić information content (AvgIpc) is 2.77. The predicted octanol–water partition coefficient (Wildman–Crippen LogP) is 5.04. The predicted molar refractivity (Wildman–Crippen MR) is 120 cm³/mol. The lowest BCUT2D eigenvalue weighted by Gasteiger charge is -2.40. The Bertz CT molecular complexity index is 925. The molecule has 0 saturated carbocycles. The summed E-state index contributed by atoms with van der Waals surface area (Å²) in [6.07, 6.45) is 5.37. The van der Waals surface area contributed by atoms with Crippen LogP contribution in [-0.2, 0) is 6.42 Å². The number of benzene rings is 3. The van der Waals surface area contributed by atoms with Crippen LogP contribution in [0.15, 0.2) is 84.9 Å². The van der Waals surface area contributed by atoms with Crippen LogP contribution in [0.3, 0.4) is 0 Å². The molecule has 4 rings (SSSR count). The van der Waals surface area contributed by atoms with Gasteiger partial charge in [0.25, 0.3) is 0 Å². The first kappa shape index (κ1) is 19.6. The molecule has 0 radical (unpaired) electrons. The Morgan fingerprint density at radius 2 is 1.41 bits per heavy atom. The Morgan fingerprint density at radius 1 is 0.793 bits per heavy atom. The summed E-state index contributed by atoms with van der Waals surface area (Å²) in [4.78, 5) is 0. The summed E-state index contributed by atoms with van der Waals surface area (Å²) >= 11 is 0. The van der Waals surface area contributed by atoms with Crippen molar-refractivity contribution >= 4 is 11.8 Å². The lowest BCUT2D eigenvalue weighted by molar-refractivity contribution is 0.263. The molecule has 1 fully saturated rings. The molecule has 0 spiro atoms. The quantitative estimate of drug-likeness (QED) is 0.584. The van der Waals surface area contributed by atoms with Crippen LogP contribution in [-0.4, -0.2) is 32.7 Å². The van der Waals surface area contributed by atoms with E-state index in [1.807, 2.05) is 12.1 Å². The van der Waals surface area contributed by atoms with E-state index in [-0.39, 0.29) is 5.82 Å². The van der Waals surface area contributed by atoms with Gasteiger partial charge in [0.1, 0.15) is 18.0 Å². The molecule has 1 aliphatic rings. The van der Waals surface area contributed by atoms with Crippen molar-refractivity contribution < 1.29 is 4.39 Å². The first-order valence-electron chi connectivity index (χ1n) is 10.4. The summed E-state index contributed by atoms with van der Waals surface area (Å²) in [6, 6.07) is 26.3. The second-order valence-corrected chi connectivity index (χ2v) is 7.81. The minimum absolute atomic E-state index is 0.183. The summed E-state index contributed by atoms with van der Waals surface area (Å²) < 4.78 is 14.1. The molecule has 1 N–H and O–H groups in total. The normalized spacial score (nSPS) is 16.2. The third kappa shape index (κ3) is 5.00. The Balaban J connectivity index is 1.50. The number of nitrogens with zero attached hydrogens (tertiary/aromatic N) is 1. The van der Waals surface area contributed by atoms with Crippen LogP contribution in [0, 0.1) is 5.82 Å². The molecule has 3 aromatic rings. The minimum atomic E-state index is -0.183. The molecule has 1 aliphatic heterocycles. The number of quaternary nitrogens is 1. The first-order chi connectivity index (χ1) is 14.2. The Morgan fingerprint density at radius 3 is 2.07 bits per heavy atom. The molecule has 0 atom stereocenters. The molecular weight excluding hydrogens is 359 g/mol. The van der Waals surface area contributed by atoms with Gasteiger partial charge < -0.3 is 5.32 Å². The fourth-order valence-corrected chi connectivity index (χ4v) is 4.09. The van der Waals surface area contributed by atoms with Gasteiger partial charge in [0, 0.05) is 13.1 Å². The van der Waals surface area contributed by atoms with Crippen molar-refractivity contribution in [2.45, 2.75) is 6.42 Å². The highest BCUT2D eigenvalue weighted by Gasteiger charge is 2.31. The van der Waals surface area contributed by atoms with Crippen LogP contribution in [0.5, 0.6) is 0 Å². The molecule has 1 saturated heterocycles. The maximum absolute atomic E-state index is 13.1. The van der Waals surface area contributed by atoms with E-state index in [0.29, 0.717) is 0 Å². The van der Waals surface area contributed by atoms with Gasteiger partial charge in [-0.15, -0.1) is 0 Å². The number of hydrogen-bond acceptors (Lipinski definition) is 1. The highest BCUT2D eigenvalue weighted by atomic mass is 19.1. The van der Waals surface area contributed by atoms with Crippen LogP contribution < -0.4 is 9.80 Å². The highest BCUT2D eigenvalue weighted by molar-refractivity contribution is 5.51. The van der Waals surface area contributed by atoms with Crippen molar-refractivity contribution in [3.8, 4) is 0 Å². The largest absolute Gasteiger partial charge is 0.306 e. The summed E-state index contributed by atoms with van der Waals surface area (Å²) in [5.74, 6) is -0.183. The van der Waals surface area contributed by atoms with Gasteiger partial charge in [-0.2, -0.15) is 0 Å². The molecule has 148 valence electrons. The molecule has 0 aliphatic carbocycles. The van der Waals surface area contributed by atoms with E-state index in [0.717, 1.165) is 49.2 Å². The molecule has 29 heavy (non-hydrogen) atoms. The maximum atomic E-state index is 13.1. The fraction of sp³-hybridized carbons (Fsp3) is 0.231. The van der Waals surface area contributed by atoms with Gasteiger partial charge >= 0.3 is 0 Å². The van der Waals surface area contributed by atoms with Crippen LogP contribution >= 0.6 is 0 Å². The van der Waals surface area contributed by atoms with Crippen LogP contribution in [0.25, 0.3) is 6.08 Å². The van der Waals surface area contributed by atoms with Crippen LogP contribution in [0.2, 0.25) is 0 Å². The van der Waals surface area contributed by atoms with Crippen molar-refractivity contribution in [1.29, 1.82) is 0 Å². The lowest BCUT2D eigenvalue weighted by Crippen LogP contribution is -2.59. The topological polar surface area (TPSA) is 12.0 Å². The fourth-order valence-electron chi connectivity index (χ4n) is 4.09. The molecule has 0 amide bonds. The SMILES string of the molecule is Fc1ccc(Cc2ccc([N+]3(C/C=C/c4ccccc4)CCNCC3)cc2)cc1. The van der Waals surface area contributed by atoms with Gasteiger partial charge in [-0.1, -0.05) is 60.7 Å². The van der Waals surface area contributed by atoms with Gasteiger partial charge in [0.05, 0.1) is 13.1 Å².